The van der Waals surface area contributed by atoms with Crippen LogP contribution in [0.25, 0.3) is 0 Å². The van der Waals surface area contributed by atoms with Crippen molar-refractivity contribution in [2.45, 2.75) is 70.7 Å². The maximum atomic E-state index is 14.7. The molecule has 8 heteroatoms. The molecule has 0 aliphatic carbocycles. The number of para-hydroxylation sites is 1. The summed E-state index contributed by atoms with van der Waals surface area (Å²) in [6, 6.07) is 4.25. The van der Waals surface area contributed by atoms with Gasteiger partial charge in [0.1, 0.15) is 29.8 Å². The molecule has 5 rings (SSSR count). The predicted molar refractivity (Wildman–Crippen MR) is 142 cm³/mol. The third-order valence-electron chi connectivity index (χ3n) is 8.69. The summed E-state index contributed by atoms with van der Waals surface area (Å²) in [5.74, 6) is -2.78. The van der Waals surface area contributed by atoms with Crippen LogP contribution in [0.5, 0.6) is 0 Å². The molecule has 4 aliphatic rings. The smallest absolute Gasteiger partial charge is 0.313 e. The van der Waals surface area contributed by atoms with Crippen LogP contribution < -0.4 is 4.90 Å². The number of benzene rings is 1. The third-order valence-corrected chi connectivity index (χ3v) is 8.69. The molecular weight excluding hydrogens is 484 g/mol. The van der Waals surface area contributed by atoms with Crippen LogP contribution in [0.4, 0.5) is 5.69 Å². The second-order valence-electron chi connectivity index (χ2n) is 11.5. The van der Waals surface area contributed by atoms with Gasteiger partial charge in [-0.05, 0) is 49.8 Å². The first-order valence-corrected chi connectivity index (χ1v) is 13.6. The van der Waals surface area contributed by atoms with Crippen molar-refractivity contribution < 1.29 is 29.0 Å². The number of hydrogen-bond donors (Lipinski definition) is 1. The molecule has 38 heavy (non-hydrogen) atoms. The summed E-state index contributed by atoms with van der Waals surface area (Å²) < 4.78 is 12.4. The quantitative estimate of drug-likeness (QED) is 0.456. The number of carbonyl (C=O) groups excluding carboxylic acids is 3. The molecule has 8 nitrogen and oxygen atoms in total. The van der Waals surface area contributed by atoms with Gasteiger partial charge in [0.15, 0.2) is 0 Å². The maximum Gasteiger partial charge on any atom is 0.313 e. The largest absolute Gasteiger partial charge is 0.461 e. The number of aliphatic hydroxyl groups excluding tert-OH is 1. The van der Waals surface area contributed by atoms with E-state index in [-0.39, 0.29) is 30.9 Å². The van der Waals surface area contributed by atoms with E-state index in [1.54, 1.807) is 11.0 Å². The van der Waals surface area contributed by atoms with Gasteiger partial charge in [0.2, 0.25) is 5.91 Å². The SMILES string of the molecule is CC[C@]12C=CCOC(=O)[C@H]1[C@H]1C(=O)N([C@@H](CO)CC(C)C)C3C(=O)N(c4c(C)cccc4C)CC=C[C@@]31O2. The van der Waals surface area contributed by atoms with E-state index in [1.165, 1.54) is 4.90 Å². The molecule has 6 atom stereocenters. The molecule has 1 aromatic rings. The van der Waals surface area contributed by atoms with Gasteiger partial charge in [-0.2, -0.15) is 0 Å². The molecule has 1 aromatic carbocycles. The summed E-state index contributed by atoms with van der Waals surface area (Å²) in [6.07, 6.45) is 8.27. The van der Waals surface area contributed by atoms with E-state index in [9.17, 15) is 19.5 Å². The van der Waals surface area contributed by atoms with E-state index in [2.05, 4.69) is 0 Å². The summed E-state index contributed by atoms with van der Waals surface area (Å²) in [5, 5.41) is 10.5. The molecule has 1 spiro atoms. The fourth-order valence-corrected chi connectivity index (χ4v) is 7.18. The molecule has 0 radical (unpaired) electrons. The minimum atomic E-state index is -1.37. The van der Waals surface area contributed by atoms with E-state index >= 15 is 0 Å². The zero-order valence-corrected chi connectivity index (χ0v) is 22.8. The van der Waals surface area contributed by atoms with Crippen LogP contribution in [0.2, 0.25) is 0 Å². The zero-order valence-electron chi connectivity index (χ0n) is 22.8. The molecule has 2 fully saturated rings. The Kier molecular flexibility index (Phi) is 6.76. The molecule has 0 aromatic heterocycles. The Morgan fingerprint density at radius 3 is 2.39 bits per heavy atom. The number of anilines is 1. The van der Waals surface area contributed by atoms with Gasteiger partial charge in [0.05, 0.1) is 18.6 Å². The van der Waals surface area contributed by atoms with Crippen molar-refractivity contribution in [3.05, 3.63) is 53.6 Å². The van der Waals surface area contributed by atoms with E-state index in [1.807, 2.05) is 71.0 Å². The van der Waals surface area contributed by atoms with Crippen LogP contribution in [0.1, 0.15) is 44.7 Å². The molecule has 4 aliphatic heterocycles. The highest BCUT2D eigenvalue weighted by molar-refractivity contribution is 6.06. The van der Waals surface area contributed by atoms with Crippen LogP contribution in [-0.4, -0.2) is 70.8 Å². The second-order valence-corrected chi connectivity index (χ2v) is 11.5. The lowest BCUT2D eigenvalue weighted by Crippen LogP contribution is -2.59. The number of nitrogens with zero attached hydrogens (tertiary/aromatic N) is 2. The number of carbonyl (C=O) groups is 3. The molecule has 4 heterocycles. The van der Waals surface area contributed by atoms with E-state index in [0.717, 1.165) is 16.8 Å². The van der Waals surface area contributed by atoms with Crippen molar-refractivity contribution in [2.75, 3.05) is 24.7 Å². The monoisotopic (exact) mass is 522 g/mol. The number of likely N-dealkylation sites (tertiary alicyclic amines) is 1. The summed E-state index contributed by atoms with van der Waals surface area (Å²) >= 11 is 0. The van der Waals surface area contributed by atoms with Gasteiger partial charge in [-0.25, -0.2) is 0 Å². The molecule has 0 saturated carbocycles. The van der Waals surface area contributed by atoms with Crippen LogP contribution in [0.15, 0.2) is 42.5 Å². The Hall–Kier alpha value is -2.97. The van der Waals surface area contributed by atoms with Gasteiger partial charge in [-0.15, -0.1) is 0 Å². The van der Waals surface area contributed by atoms with Crippen LogP contribution in [0.3, 0.4) is 0 Å². The fraction of sp³-hybridized carbons (Fsp3) is 0.567. The Bertz CT molecular complexity index is 1190. The fourth-order valence-electron chi connectivity index (χ4n) is 7.18. The highest BCUT2D eigenvalue weighted by Gasteiger charge is 2.76. The molecule has 2 saturated heterocycles. The van der Waals surface area contributed by atoms with Gasteiger partial charge < -0.3 is 24.4 Å². The number of ether oxygens (including phenoxy) is 2. The summed E-state index contributed by atoms with van der Waals surface area (Å²) in [6.45, 7) is 10.0. The predicted octanol–water partition coefficient (Wildman–Crippen LogP) is 3.09. The Morgan fingerprint density at radius 2 is 1.76 bits per heavy atom. The Morgan fingerprint density at radius 1 is 1.05 bits per heavy atom. The van der Waals surface area contributed by atoms with Crippen LogP contribution in [0, 0.1) is 31.6 Å². The van der Waals surface area contributed by atoms with Crippen molar-refractivity contribution in [3.63, 3.8) is 0 Å². The average molecular weight is 523 g/mol. The van der Waals surface area contributed by atoms with Gasteiger partial charge in [0.25, 0.3) is 5.91 Å². The standard InChI is InChI=1S/C30H38N2O6/c1-6-29-12-9-15-37-28(36)23(29)22-26(34)32(21(17-33)16-18(2)3)25-27(35)31(14-8-13-30(22,25)38-29)24-19(4)10-7-11-20(24)5/h7-13,18,21-23,25,33H,6,14-17H2,1-5H3/t21-,22+,23-,25?,29+,30+/m1/s1. The average Bonchev–Trinajstić information content (AvgIpc) is 3.16. The first kappa shape index (κ1) is 26.6. The van der Waals surface area contributed by atoms with Crippen molar-refractivity contribution in [1.29, 1.82) is 0 Å². The molecule has 1 N–H and O–H groups in total. The van der Waals surface area contributed by atoms with Crippen LogP contribution in [-0.2, 0) is 23.9 Å². The molecule has 1 unspecified atom stereocenters. The number of aliphatic hydroxyl groups is 1. The normalized spacial score (nSPS) is 33.1. The third kappa shape index (κ3) is 3.75. The summed E-state index contributed by atoms with van der Waals surface area (Å²) in [7, 11) is 0. The maximum absolute atomic E-state index is 14.7. The van der Waals surface area contributed by atoms with Gasteiger partial charge in [-0.3, -0.25) is 14.4 Å². The Balaban J connectivity index is 1.72. The van der Waals surface area contributed by atoms with E-state index < -0.39 is 41.1 Å². The number of hydrogen-bond acceptors (Lipinski definition) is 6. The van der Waals surface area contributed by atoms with Gasteiger partial charge in [0, 0.05) is 12.2 Å². The number of amides is 2. The van der Waals surface area contributed by atoms with Crippen molar-refractivity contribution in [3.8, 4) is 0 Å². The summed E-state index contributed by atoms with van der Waals surface area (Å²) in [4.78, 5) is 45.8. The van der Waals surface area contributed by atoms with Crippen molar-refractivity contribution in [2.24, 2.45) is 17.8 Å². The molecule has 0 bridgehead atoms. The number of esters is 1. The summed E-state index contributed by atoms with van der Waals surface area (Å²) in [5.41, 5.74) is 0.264. The highest BCUT2D eigenvalue weighted by atomic mass is 16.6. The molecule has 204 valence electrons. The number of cyclic esters (lactones) is 1. The first-order chi connectivity index (χ1) is 18.1. The number of fused-ring (bicyclic) bond motifs is 2. The van der Waals surface area contributed by atoms with Gasteiger partial charge in [-0.1, -0.05) is 57.2 Å². The zero-order chi connectivity index (χ0) is 27.4. The lowest BCUT2D eigenvalue weighted by Gasteiger charge is -2.41. The van der Waals surface area contributed by atoms with E-state index in [0.29, 0.717) is 19.4 Å². The topological polar surface area (TPSA) is 96.4 Å². The molecule has 2 amide bonds. The van der Waals surface area contributed by atoms with Crippen LogP contribution >= 0.6 is 0 Å². The first-order valence-electron chi connectivity index (χ1n) is 13.6. The number of rotatable bonds is 6. The number of aryl methyl sites for hydroxylation is 2. The second kappa shape index (κ2) is 9.65. The molecular formula is C30H38N2O6. The minimum Gasteiger partial charge on any atom is -0.461 e. The van der Waals surface area contributed by atoms with Gasteiger partial charge >= 0.3 is 5.97 Å². The minimum absolute atomic E-state index is 0.114. The lowest BCUT2D eigenvalue weighted by molar-refractivity contribution is -0.159. The lowest BCUT2D eigenvalue weighted by atomic mass is 9.73. The van der Waals surface area contributed by atoms with Crippen molar-refractivity contribution in [1.82, 2.24) is 4.90 Å². The van der Waals surface area contributed by atoms with E-state index in [4.69, 9.17) is 9.47 Å². The van der Waals surface area contributed by atoms with Crippen molar-refractivity contribution >= 4 is 23.5 Å². The Labute approximate surface area is 224 Å². The highest BCUT2D eigenvalue weighted by Crippen LogP contribution is 2.59.